The number of rotatable bonds is 19. The number of carbonyl (C=O) groups excluding carboxylic acids is 1. The van der Waals surface area contributed by atoms with Crippen LogP contribution in [-0.2, 0) is 9.59 Å². The maximum absolute atomic E-state index is 11.4. The van der Waals surface area contributed by atoms with Gasteiger partial charge in [-0.05, 0) is 13.3 Å². The molecule has 0 saturated heterocycles. The van der Waals surface area contributed by atoms with E-state index in [4.69, 9.17) is 10.8 Å². The first-order valence-electron chi connectivity index (χ1n) is 11.0. The van der Waals surface area contributed by atoms with Crippen molar-refractivity contribution >= 4 is 11.8 Å². The molecule has 4 nitrogen and oxygen atoms in total. The summed E-state index contributed by atoms with van der Waals surface area (Å²) in [5, 5.41) is 9.08. The first-order valence-corrected chi connectivity index (χ1v) is 11.0. The zero-order valence-electron chi connectivity index (χ0n) is 17.4. The molecule has 0 aromatic heterocycles. The van der Waals surface area contributed by atoms with E-state index >= 15 is 0 Å². The van der Waals surface area contributed by atoms with Crippen LogP contribution in [0.15, 0.2) is 0 Å². The second-order valence-electron chi connectivity index (χ2n) is 7.89. The van der Waals surface area contributed by atoms with Crippen LogP contribution in [0.1, 0.15) is 123 Å². The van der Waals surface area contributed by atoms with Crippen LogP contribution in [0.25, 0.3) is 0 Å². The maximum atomic E-state index is 11.4. The monoisotopic (exact) mass is 369 g/mol. The summed E-state index contributed by atoms with van der Waals surface area (Å²) in [7, 11) is 0. The van der Waals surface area contributed by atoms with Crippen LogP contribution in [0, 0.1) is 0 Å². The lowest BCUT2D eigenvalue weighted by molar-refractivity contribution is -0.148. The van der Waals surface area contributed by atoms with E-state index in [2.05, 4.69) is 6.92 Å². The molecular weight excluding hydrogens is 326 g/mol. The lowest BCUT2D eigenvalue weighted by Crippen LogP contribution is -2.53. The molecule has 4 heteroatoms. The molecule has 0 bridgehead atoms. The standard InChI is InChI=1S/C22H43NO3/c1-3-4-5-6-7-8-9-10-11-12-13-14-15-16-17-18-19-22(23,20(2)24)21(25)26/h3-19,23H2,1-2H3,(H,25,26). The van der Waals surface area contributed by atoms with Crippen LogP contribution < -0.4 is 5.73 Å². The first kappa shape index (κ1) is 25.1. The number of ketones is 1. The highest BCUT2D eigenvalue weighted by atomic mass is 16.4. The Hall–Kier alpha value is -0.900. The van der Waals surface area contributed by atoms with Gasteiger partial charge in [-0.1, -0.05) is 110 Å². The molecule has 0 aliphatic rings. The third-order valence-corrected chi connectivity index (χ3v) is 5.43. The van der Waals surface area contributed by atoms with Gasteiger partial charge in [0.1, 0.15) is 0 Å². The van der Waals surface area contributed by atoms with Crippen LogP contribution in [0.4, 0.5) is 0 Å². The second kappa shape index (κ2) is 16.3. The molecular formula is C22H43NO3. The fraction of sp³-hybridized carbons (Fsp3) is 0.909. The predicted molar refractivity (Wildman–Crippen MR) is 109 cm³/mol. The van der Waals surface area contributed by atoms with Crippen molar-refractivity contribution in [3.63, 3.8) is 0 Å². The summed E-state index contributed by atoms with van der Waals surface area (Å²) in [6.45, 7) is 3.53. The van der Waals surface area contributed by atoms with E-state index in [-0.39, 0.29) is 6.42 Å². The van der Waals surface area contributed by atoms with E-state index in [9.17, 15) is 9.59 Å². The van der Waals surface area contributed by atoms with Gasteiger partial charge in [0.25, 0.3) is 0 Å². The number of aliphatic carboxylic acids is 1. The minimum Gasteiger partial charge on any atom is -0.480 e. The summed E-state index contributed by atoms with van der Waals surface area (Å²) < 4.78 is 0. The van der Waals surface area contributed by atoms with E-state index in [1.165, 1.54) is 90.4 Å². The molecule has 0 aliphatic heterocycles. The molecule has 0 fully saturated rings. The normalized spacial score (nSPS) is 13.5. The molecule has 1 atom stereocenters. The van der Waals surface area contributed by atoms with Gasteiger partial charge in [0.05, 0.1) is 0 Å². The number of hydrogen-bond donors (Lipinski definition) is 2. The summed E-state index contributed by atoms with van der Waals surface area (Å²) >= 11 is 0. The molecule has 154 valence electrons. The second-order valence-corrected chi connectivity index (χ2v) is 7.89. The van der Waals surface area contributed by atoms with E-state index < -0.39 is 17.3 Å². The highest BCUT2D eigenvalue weighted by Gasteiger charge is 2.38. The maximum Gasteiger partial charge on any atom is 0.331 e. The zero-order valence-corrected chi connectivity index (χ0v) is 17.4. The summed E-state index contributed by atoms with van der Waals surface area (Å²) in [6.07, 6.45) is 20.6. The molecule has 0 rings (SSSR count). The number of nitrogens with two attached hydrogens (primary N) is 1. The molecule has 26 heavy (non-hydrogen) atoms. The van der Waals surface area contributed by atoms with Gasteiger partial charge in [-0.2, -0.15) is 0 Å². The molecule has 0 saturated carbocycles. The molecule has 0 amide bonds. The van der Waals surface area contributed by atoms with Crippen molar-refractivity contribution in [2.24, 2.45) is 5.73 Å². The molecule has 0 aromatic rings. The topological polar surface area (TPSA) is 80.4 Å². The fourth-order valence-electron chi connectivity index (χ4n) is 3.39. The van der Waals surface area contributed by atoms with Gasteiger partial charge in [0, 0.05) is 0 Å². The van der Waals surface area contributed by atoms with Gasteiger partial charge in [-0.15, -0.1) is 0 Å². The van der Waals surface area contributed by atoms with Gasteiger partial charge >= 0.3 is 5.97 Å². The summed E-state index contributed by atoms with van der Waals surface area (Å²) in [6, 6.07) is 0. The van der Waals surface area contributed by atoms with Crippen LogP contribution in [0.3, 0.4) is 0 Å². The Kier molecular flexibility index (Phi) is 15.7. The lowest BCUT2D eigenvalue weighted by atomic mass is 9.89. The van der Waals surface area contributed by atoms with Gasteiger partial charge in [-0.25, -0.2) is 4.79 Å². The molecule has 0 aliphatic carbocycles. The average molecular weight is 370 g/mol. The average Bonchev–Trinajstić information content (AvgIpc) is 2.60. The summed E-state index contributed by atoms with van der Waals surface area (Å²) in [5.74, 6) is -1.66. The van der Waals surface area contributed by atoms with Gasteiger partial charge in [-0.3, -0.25) is 4.79 Å². The van der Waals surface area contributed by atoms with Gasteiger partial charge in [0.15, 0.2) is 11.3 Å². The van der Waals surface area contributed by atoms with Crippen molar-refractivity contribution in [2.45, 2.75) is 129 Å². The number of hydrogen-bond acceptors (Lipinski definition) is 3. The number of carbonyl (C=O) groups is 2. The first-order chi connectivity index (χ1) is 12.4. The Balaban J connectivity index is 3.34. The van der Waals surface area contributed by atoms with Crippen molar-refractivity contribution in [2.75, 3.05) is 0 Å². The number of Topliss-reactive ketones (excluding diaryl/α,β-unsaturated/α-hetero) is 1. The molecule has 0 spiro atoms. The number of carboxylic acids is 1. The molecule has 0 radical (unpaired) electrons. The fourth-order valence-corrected chi connectivity index (χ4v) is 3.39. The lowest BCUT2D eigenvalue weighted by Gasteiger charge is -2.21. The van der Waals surface area contributed by atoms with Crippen LogP contribution in [-0.4, -0.2) is 22.4 Å². The van der Waals surface area contributed by atoms with Crippen molar-refractivity contribution in [3.8, 4) is 0 Å². The molecule has 1 unspecified atom stereocenters. The SMILES string of the molecule is CCCCCCCCCCCCCCCCCCC(N)(C(C)=O)C(=O)O. The minimum absolute atomic E-state index is 0.246. The zero-order chi connectivity index (χ0) is 19.7. The molecule has 0 heterocycles. The van der Waals surface area contributed by atoms with Crippen LogP contribution in [0.5, 0.6) is 0 Å². The van der Waals surface area contributed by atoms with E-state index in [0.29, 0.717) is 6.42 Å². The highest BCUT2D eigenvalue weighted by molar-refractivity contribution is 6.06. The Morgan fingerprint density at radius 3 is 1.27 bits per heavy atom. The Morgan fingerprint density at radius 1 is 0.692 bits per heavy atom. The van der Waals surface area contributed by atoms with Crippen molar-refractivity contribution in [1.29, 1.82) is 0 Å². The third-order valence-electron chi connectivity index (χ3n) is 5.43. The van der Waals surface area contributed by atoms with Gasteiger partial charge in [0.2, 0.25) is 0 Å². The third kappa shape index (κ3) is 12.5. The number of unbranched alkanes of at least 4 members (excludes halogenated alkanes) is 15. The minimum atomic E-state index is -1.68. The predicted octanol–water partition coefficient (Wildman–Crippen LogP) is 6.01. The number of carboxylic acid groups (broad SMARTS) is 1. The molecule has 3 N–H and O–H groups in total. The summed E-state index contributed by atoms with van der Waals surface area (Å²) in [4.78, 5) is 22.5. The summed E-state index contributed by atoms with van der Waals surface area (Å²) in [5.41, 5.74) is 4.01. The van der Waals surface area contributed by atoms with Crippen LogP contribution in [0.2, 0.25) is 0 Å². The van der Waals surface area contributed by atoms with Crippen LogP contribution >= 0.6 is 0 Å². The Bertz CT molecular complexity index is 354. The van der Waals surface area contributed by atoms with Gasteiger partial charge < -0.3 is 10.8 Å². The van der Waals surface area contributed by atoms with Crippen molar-refractivity contribution in [1.82, 2.24) is 0 Å². The smallest absolute Gasteiger partial charge is 0.331 e. The van der Waals surface area contributed by atoms with Crippen molar-refractivity contribution < 1.29 is 14.7 Å². The quantitative estimate of drug-likeness (QED) is 0.216. The van der Waals surface area contributed by atoms with E-state index in [0.717, 1.165) is 12.8 Å². The Morgan fingerprint density at radius 2 is 1.00 bits per heavy atom. The largest absolute Gasteiger partial charge is 0.480 e. The van der Waals surface area contributed by atoms with E-state index in [1.54, 1.807) is 0 Å². The molecule has 0 aromatic carbocycles. The Labute approximate surface area is 161 Å². The van der Waals surface area contributed by atoms with E-state index in [1.807, 2.05) is 0 Å². The highest BCUT2D eigenvalue weighted by Crippen LogP contribution is 2.17. The van der Waals surface area contributed by atoms with Crippen molar-refractivity contribution in [3.05, 3.63) is 0 Å².